The molecule has 2 fully saturated rings. The van der Waals surface area contributed by atoms with E-state index in [-0.39, 0.29) is 18.5 Å². The van der Waals surface area contributed by atoms with E-state index < -0.39 is 0 Å². The van der Waals surface area contributed by atoms with Gasteiger partial charge in [0.05, 0.1) is 6.10 Å². The summed E-state index contributed by atoms with van der Waals surface area (Å²) in [6, 6.07) is 0. The van der Waals surface area contributed by atoms with Gasteiger partial charge in [0.1, 0.15) is 0 Å². The summed E-state index contributed by atoms with van der Waals surface area (Å²) in [7, 11) is 0. The summed E-state index contributed by atoms with van der Waals surface area (Å²) in [6.07, 6.45) is 4.70. The van der Waals surface area contributed by atoms with Crippen molar-refractivity contribution in [2.75, 3.05) is 13.1 Å². The summed E-state index contributed by atoms with van der Waals surface area (Å²) >= 11 is 0. The maximum atomic E-state index is 9.50. The average Bonchev–Trinajstić information content (AvgIpc) is 2.04. The van der Waals surface area contributed by atoms with Crippen LogP contribution >= 0.6 is 12.4 Å². The van der Waals surface area contributed by atoms with E-state index >= 15 is 0 Å². The number of hydrogen-bond donors (Lipinski definition) is 2. The van der Waals surface area contributed by atoms with E-state index in [9.17, 15) is 5.11 Å². The summed E-state index contributed by atoms with van der Waals surface area (Å²) in [4.78, 5) is 0. The van der Waals surface area contributed by atoms with Crippen molar-refractivity contribution in [3.05, 3.63) is 0 Å². The molecule has 0 radical (unpaired) electrons. The van der Waals surface area contributed by atoms with Crippen molar-refractivity contribution >= 4 is 12.4 Å². The monoisotopic (exact) mass is 177 g/mol. The molecule has 2 N–H and O–H groups in total. The maximum Gasteiger partial charge on any atom is 0.0597 e. The molecule has 1 aliphatic carbocycles. The topological polar surface area (TPSA) is 32.3 Å². The molecule has 1 unspecified atom stereocenters. The van der Waals surface area contributed by atoms with Gasteiger partial charge in [0.15, 0.2) is 0 Å². The van der Waals surface area contributed by atoms with Crippen LogP contribution in [0.5, 0.6) is 0 Å². The fourth-order valence-corrected chi connectivity index (χ4v) is 2.19. The number of aliphatic hydroxyl groups excluding tert-OH is 1. The van der Waals surface area contributed by atoms with E-state index in [2.05, 4.69) is 5.32 Å². The predicted octanol–water partition coefficient (Wildman–Crippen LogP) is 0.933. The number of hydrogen-bond acceptors (Lipinski definition) is 2. The van der Waals surface area contributed by atoms with Crippen LogP contribution in [0, 0.1) is 5.41 Å². The van der Waals surface area contributed by atoms with Gasteiger partial charge in [-0.2, -0.15) is 0 Å². The summed E-state index contributed by atoms with van der Waals surface area (Å²) in [5.74, 6) is 0. The van der Waals surface area contributed by atoms with Crippen molar-refractivity contribution in [2.45, 2.75) is 31.8 Å². The normalized spacial score (nSPS) is 34.1. The molecule has 0 bridgehead atoms. The number of aliphatic hydroxyl groups is 1. The van der Waals surface area contributed by atoms with Crippen molar-refractivity contribution in [1.29, 1.82) is 0 Å². The van der Waals surface area contributed by atoms with Gasteiger partial charge in [0.2, 0.25) is 0 Å². The van der Waals surface area contributed by atoms with Gasteiger partial charge in [-0.15, -0.1) is 12.4 Å². The third-order valence-corrected chi connectivity index (χ3v) is 3.22. The van der Waals surface area contributed by atoms with Gasteiger partial charge in [-0.25, -0.2) is 0 Å². The lowest BCUT2D eigenvalue weighted by molar-refractivity contribution is -0.0826. The Morgan fingerprint density at radius 1 is 1.18 bits per heavy atom. The quantitative estimate of drug-likeness (QED) is 0.577. The van der Waals surface area contributed by atoms with Crippen LogP contribution in [0.1, 0.15) is 25.7 Å². The number of rotatable bonds is 0. The Balaban J connectivity index is 0.000000605. The first-order valence-corrected chi connectivity index (χ1v) is 4.22. The fraction of sp³-hybridized carbons (Fsp3) is 1.00. The first-order valence-electron chi connectivity index (χ1n) is 4.22. The molecule has 0 aromatic heterocycles. The van der Waals surface area contributed by atoms with Crippen LogP contribution < -0.4 is 5.32 Å². The zero-order valence-electron chi connectivity index (χ0n) is 6.68. The Morgan fingerprint density at radius 2 is 1.82 bits per heavy atom. The Kier molecular flexibility index (Phi) is 2.79. The van der Waals surface area contributed by atoms with E-state index in [4.69, 9.17) is 0 Å². The molecule has 1 aliphatic heterocycles. The molecule has 1 saturated carbocycles. The summed E-state index contributed by atoms with van der Waals surface area (Å²) in [5, 5.41) is 12.8. The predicted molar refractivity (Wildman–Crippen MR) is 47.0 cm³/mol. The average molecular weight is 178 g/mol. The summed E-state index contributed by atoms with van der Waals surface area (Å²) < 4.78 is 0. The minimum atomic E-state index is 0. The van der Waals surface area contributed by atoms with E-state index in [1.807, 2.05) is 0 Å². The molecule has 2 nitrogen and oxygen atoms in total. The lowest BCUT2D eigenvalue weighted by Crippen LogP contribution is -2.51. The second-order valence-corrected chi connectivity index (χ2v) is 3.67. The first kappa shape index (κ1) is 9.30. The highest BCUT2D eigenvalue weighted by molar-refractivity contribution is 5.85. The van der Waals surface area contributed by atoms with Crippen molar-refractivity contribution in [3.63, 3.8) is 0 Å². The van der Waals surface area contributed by atoms with Crippen LogP contribution in [0.3, 0.4) is 0 Å². The van der Waals surface area contributed by atoms with Gasteiger partial charge >= 0.3 is 0 Å². The third kappa shape index (κ3) is 1.40. The Bertz CT molecular complexity index is 134. The smallest absolute Gasteiger partial charge is 0.0597 e. The van der Waals surface area contributed by atoms with Crippen LogP contribution in [0.25, 0.3) is 0 Å². The molecule has 1 atom stereocenters. The third-order valence-electron chi connectivity index (χ3n) is 3.22. The maximum absolute atomic E-state index is 9.50. The van der Waals surface area contributed by atoms with Gasteiger partial charge in [0, 0.05) is 0 Å². The van der Waals surface area contributed by atoms with E-state index in [0.29, 0.717) is 5.41 Å². The largest absolute Gasteiger partial charge is 0.393 e. The minimum absolute atomic E-state index is 0. The van der Waals surface area contributed by atoms with Gasteiger partial charge in [0.25, 0.3) is 0 Å². The molecule has 11 heavy (non-hydrogen) atoms. The number of piperidine rings is 1. The SMILES string of the molecule is Cl.OC1CCC12CCNCC2. The zero-order chi connectivity index (χ0) is 7.03. The summed E-state index contributed by atoms with van der Waals surface area (Å²) in [6.45, 7) is 2.22. The second kappa shape index (κ2) is 3.30. The van der Waals surface area contributed by atoms with Crippen LogP contribution in [0.2, 0.25) is 0 Å². The van der Waals surface area contributed by atoms with E-state index in [0.717, 1.165) is 19.5 Å². The molecule has 2 aliphatic rings. The van der Waals surface area contributed by atoms with Crippen LogP contribution in [-0.2, 0) is 0 Å². The van der Waals surface area contributed by atoms with Gasteiger partial charge < -0.3 is 10.4 Å². The van der Waals surface area contributed by atoms with Crippen LogP contribution in [0.4, 0.5) is 0 Å². The molecular weight excluding hydrogens is 162 g/mol. The van der Waals surface area contributed by atoms with Gasteiger partial charge in [-0.1, -0.05) is 0 Å². The van der Waals surface area contributed by atoms with Crippen LogP contribution in [-0.4, -0.2) is 24.3 Å². The van der Waals surface area contributed by atoms with Crippen molar-refractivity contribution < 1.29 is 5.11 Å². The van der Waals surface area contributed by atoms with Crippen molar-refractivity contribution in [1.82, 2.24) is 5.32 Å². The van der Waals surface area contributed by atoms with Crippen molar-refractivity contribution in [2.24, 2.45) is 5.41 Å². The Labute approximate surface area is 73.8 Å². The lowest BCUT2D eigenvalue weighted by Gasteiger charge is -2.49. The lowest BCUT2D eigenvalue weighted by atomic mass is 9.61. The Hall–Kier alpha value is 0.210. The molecule has 1 heterocycles. The Morgan fingerprint density at radius 3 is 2.09 bits per heavy atom. The highest BCUT2D eigenvalue weighted by Gasteiger charge is 2.45. The minimum Gasteiger partial charge on any atom is -0.393 e. The summed E-state index contributed by atoms with van der Waals surface area (Å²) in [5.41, 5.74) is 0.352. The molecular formula is C8H16ClNO. The standard InChI is InChI=1S/C8H15NO.ClH/c10-7-1-2-8(7)3-5-9-6-4-8;/h7,9-10H,1-6H2;1H. The van der Waals surface area contributed by atoms with E-state index in [1.54, 1.807) is 0 Å². The fourth-order valence-electron chi connectivity index (χ4n) is 2.19. The number of halogens is 1. The van der Waals surface area contributed by atoms with Gasteiger partial charge in [-0.05, 0) is 44.2 Å². The molecule has 0 aromatic rings. The highest BCUT2D eigenvalue weighted by Crippen LogP contribution is 2.47. The molecule has 1 saturated heterocycles. The second-order valence-electron chi connectivity index (χ2n) is 3.67. The molecule has 66 valence electrons. The zero-order valence-corrected chi connectivity index (χ0v) is 7.49. The van der Waals surface area contributed by atoms with Gasteiger partial charge in [-0.3, -0.25) is 0 Å². The molecule has 2 rings (SSSR count). The highest BCUT2D eigenvalue weighted by atomic mass is 35.5. The molecule has 3 heteroatoms. The van der Waals surface area contributed by atoms with E-state index in [1.165, 1.54) is 19.3 Å². The van der Waals surface area contributed by atoms with Crippen LogP contribution in [0.15, 0.2) is 0 Å². The first-order chi connectivity index (χ1) is 4.83. The molecule has 1 spiro atoms. The van der Waals surface area contributed by atoms with Crippen molar-refractivity contribution in [3.8, 4) is 0 Å². The number of nitrogens with one attached hydrogen (secondary N) is 1. The molecule has 0 amide bonds. The molecule has 0 aromatic carbocycles.